The highest BCUT2D eigenvalue weighted by molar-refractivity contribution is 6.42. The molecule has 1 aromatic carbocycles. The number of Topliss-reactive ketones (excluding diaryl/α,β-unsaturated/α-hetero) is 1. The Morgan fingerprint density at radius 2 is 2.07 bits per heavy atom. The Balaban J connectivity index is 2.73. The van der Waals surface area contributed by atoms with E-state index >= 15 is 0 Å². The number of carbonyl (C=O) groups is 1. The molecule has 0 bridgehead atoms. The molecular formula is C11H13Cl2NO. The number of ketones is 1. The molecule has 2 N–H and O–H groups in total. The lowest BCUT2D eigenvalue weighted by atomic mass is 10.00. The summed E-state index contributed by atoms with van der Waals surface area (Å²) in [6.07, 6.45) is 0.356. The zero-order valence-electron chi connectivity index (χ0n) is 8.47. The van der Waals surface area contributed by atoms with Gasteiger partial charge in [0.1, 0.15) is 5.78 Å². The van der Waals surface area contributed by atoms with E-state index in [0.717, 1.165) is 5.56 Å². The molecule has 0 saturated heterocycles. The van der Waals surface area contributed by atoms with Crippen molar-refractivity contribution in [1.29, 1.82) is 0 Å². The van der Waals surface area contributed by atoms with Crippen molar-refractivity contribution in [2.24, 2.45) is 11.7 Å². The molecule has 0 fully saturated rings. The average Bonchev–Trinajstić information content (AvgIpc) is 2.22. The van der Waals surface area contributed by atoms with E-state index in [1.807, 2.05) is 6.92 Å². The minimum atomic E-state index is -0.112. The van der Waals surface area contributed by atoms with Gasteiger partial charge in [-0.1, -0.05) is 36.2 Å². The van der Waals surface area contributed by atoms with Crippen LogP contribution in [0.1, 0.15) is 12.5 Å². The minimum Gasteiger partial charge on any atom is -0.330 e. The smallest absolute Gasteiger partial charge is 0.141 e. The van der Waals surface area contributed by atoms with Crippen LogP contribution in [-0.4, -0.2) is 12.3 Å². The van der Waals surface area contributed by atoms with E-state index in [2.05, 4.69) is 0 Å². The highest BCUT2D eigenvalue weighted by atomic mass is 35.5. The summed E-state index contributed by atoms with van der Waals surface area (Å²) >= 11 is 11.6. The van der Waals surface area contributed by atoms with Crippen molar-refractivity contribution < 1.29 is 4.79 Å². The molecule has 0 radical (unpaired) electrons. The van der Waals surface area contributed by atoms with Crippen LogP contribution in [0.25, 0.3) is 0 Å². The Kier molecular flexibility index (Phi) is 4.58. The van der Waals surface area contributed by atoms with E-state index in [0.29, 0.717) is 23.0 Å². The number of carbonyl (C=O) groups excluding carboxylic acids is 1. The summed E-state index contributed by atoms with van der Waals surface area (Å²) in [5, 5.41) is 0.974. The third-order valence-corrected chi connectivity index (χ3v) is 3.00. The SMILES string of the molecule is CC(CN)C(=O)Cc1ccc(Cl)c(Cl)c1. The highest BCUT2D eigenvalue weighted by Crippen LogP contribution is 2.23. The molecule has 0 saturated carbocycles. The highest BCUT2D eigenvalue weighted by Gasteiger charge is 2.12. The van der Waals surface area contributed by atoms with Gasteiger partial charge in [-0.2, -0.15) is 0 Å². The fraction of sp³-hybridized carbons (Fsp3) is 0.364. The Morgan fingerprint density at radius 3 is 2.60 bits per heavy atom. The van der Waals surface area contributed by atoms with Crippen LogP contribution in [0.5, 0.6) is 0 Å². The number of halogens is 2. The van der Waals surface area contributed by atoms with Crippen molar-refractivity contribution in [2.45, 2.75) is 13.3 Å². The molecule has 1 atom stereocenters. The first-order chi connectivity index (χ1) is 7.04. The van der Waals surface area contributed by atoms with Crippen molar-refractivity contribution >= 4 is 29.0 Å². The lowest BCUT2D eigenvalue weighted by molar-refractivity contribution is -0.121. The predicted molar refractivity (Wildman–Crippen MR) is 63.4 cm³/mol. The molecule has 0 spiro atoms. The molecule has 1 unspecified atom stereocenters. The van der Waals surface area contributed by atoms with E-state index < -0.39 is 0 Å². The van der Waals surface area contributed by atoms with Gasteiger partial charge in [0.2, 0.25) is 0 Å². The van der Waals surface area contributed by atoms with Gasteiger partial charge in [0.25, 0.3) is 0 Å². The van der Waals surface area contributed by atoms with Crippen LogP contribution in [-0.2, 0) is 11.2 Å². The van der Waals surface area contributed by atoms with Gasteiger partial charge >= 0.3 is 0 Å². The maximum Gasteiger partial charge on any atom is 0.141 e. The molecule has 1 rings (SSSR count). The molecule has 1 aromatic rings. The molecule has 2 nitrogen and oxygen atoms in total. The van der Waals surface area contributed by atoms with E-state index in [1.165, 1.54) is 0 Å². The Bertz CT molecular complexity index is 366. The number of benzene rings is 1. The molecule has 4 heteroatoms. The lowest BCUT2D eigenvalue weighted by Crippen LogP contribution is -2.22. The summed E-state index contributed by atoms with van der Waals surface area (Å²) in [5.41, 5.74) is 6.28. The monoisotopic (exact) mass is 245 g/mol. The van der Waals surface area contributed by atoms with Gasteiger partial charge in [-0.15, -0.1) is 0 Å². The first kappa shape index (κ1) is 12.5. The molecular weight excluding hydrogens is 233 g/mol. The third kappa shape index (κ3) is 3.49. The van der Waals surface area contributed by atoms with Crippen LogP contribution in [0.3, 0.4) is 0 Å². The van der Waals surface area contributed by atoms with E-state index in [4.69, 9.17) is 28.9 Å². The number of hydrogen-bond acceptors (Lipinski definition) is 2. The number of nitrogens with two attached hydrogens (primary N) is 1. The molecule has 82 valence electrons. The number of rotatable bonds is 4. The van der Waals surface area contributed by atoms with Gasteiger partial charge in [-0.3, -0.25) is 4.79 Å². The van der Waals surface area contributed by atoms with Crippen LogP contribution in [0, 0.1) is 5.92 Å². The zero-order valence-corrected chi connectivity index (χ0v) is 9.98. The van der Waals surface area contributed by atoms with Crippen LogP contribution in [0.4, 0.5) is 0 Å². The second kappa shape index (κ2) is 5.50. The largest absolute Gasteiger partial charge is 0.330 e. The van der Waals surface area contributed by atoms with Crippen LogP contribution in [0.15, 0.2) is 18.2 Å². The normalized spacial score (nSPS) is 12.5. The van der Waals surface area contributed by atoms with E-state index in [9.17, 15) is 4.79 Å². The fourth-order valence-electron chi connectivity index (χ4n) is 1.16. The van der Waals surface area contributed by atoms with E-state index in [1.54, 1.807) is 18.2 Å². The molecule has 15 heavy (non-hydrogen) atoms. The first-order valence-corrected chi connectivity index (χ1v) is 5.47. The van der Waals surface area contributed by atoms with Crippen molar-refractivity contribution in [3.8, 4) is 0 Å². The van der Waals surface area contributed by atoms with Crippen LogP contribution < -0.4 is 5.73 Å². The van der Waals surface area contributed by atoms with Gasteiger partial charge in [0.15, 0.2) is 0 Å². The minimum absolute atomic E-state index is 0.112. The Labute approximate surface area is 99.4 Å². The third-order valence-electron chi connectivity index (χ3n) is 2.27. The Morgan fingerprint density at radius 1 is 1.40 bits per heavy atom. The summed E-state index contributed by atoms with van der Waals surface area (Å²) in [4.78, 5) is 11.6. The van der Waals surface area contributed by atoms with Crippen molar-refractivity contribution in [1.82, 2.24) is 0 Å². The van der Waals surface area contributed by atoms with E-state index in [-0.39, 0.29) is 11.7 Å². The van der Waals surface area contributed by atoms with Gasteiger partial charge in [0, 0.05) is 18.9 Å². The standard InChI is InChI=1S/C11H13Cl2NO/c1-7(6-14)11(15)5-8-2-3-9(12)10(13)4-8/h2-4,7H,5-6,14H2,1H3. The summed E-state index contributed by atoms with van der Waals surface area (Å²) in [5.74, 6) is 0.00958. The van der Waals surface area contributed by atoms with Gasteiger partial charge in [-0.05, 0) is 17.7 Å². The summed E-state index contributed by atoms with van der Waals surface area (Å²) in [6, 6.07) is 5.21. The molecule has 0 aliphatic carbocycles. The Hall–Kier alpha value is -0.570. The summed E-state index contributed by atoms with van der Waals surface area (Å²) in [6.45, 7) is 2.19. The molecule has 0 aliphatic rings. The summed E-state index contributed by atoms with van der Waals surface area (Å²) in [7, 11) is 0. The van der Waals surface area contributed by atoms with Gasteiger partial charge in [0.05, 0.1) is 10.0 Å². The predicted octanol–water partition coefficient (Wildman–Crippen LogP) is 2.70. The molecule has 0 aliphatic heterocycles. The quantitative estimate of drug-likeness (QED) is 0.887. The summed E-state index contributed by atoms with van der Waals surface area (Å²) < 4.78 is 0. The topological polar surface area (TPSA) is 43.1 Å². The van der Waals surface area contributed by atoms with Gasteiger partial charge in [-0.25, -0.2) is 0 Å². The maximum absolute atomic E-state index is 11.6. The van der Waals surface area contributed by atoms with Crippen molar-refractivity contribution in [3.05, 3.63) is 33.8 Å². The van der Waals surface area contributed by atoms with Crippen molar-refractivity contribution in [2.75, 3.05) is 6.54 Å². The zero-order chi connectivity index (χ0) is 11.4. The average molecular weight is 246 g/mol. The second-order valence-corrected chi connectivity index (χ2v) is 4.34. The first-order valence-electron chi connectivity index (χ1n) is 4.71. The van der Waals surface area contributed by atoms with Crippen LogP contribution in [0.2, 0.25) is 10.0 Å². The fourth-order valence-corrected chi connectivity index (χ4v) is 1.48. The molecule has 0 heterocycles. The van der Waals surface area contributed by atoms with Gasteiger partial charge < -0.3 is 5.73 Å². The second-order valence-electron chi connectivity index (χ2n) is 3.53. The van der Waals surface area contributed by atoms with Crippen molar-refractivity contribution in [3.63, 3.8) is 0 Å². The lowest BCUT2D eigenvalue weighted by Gasteiger charge is -2.07. The number of hydrogen-bond donors (Lipinski definition) is 1. The molecule has 0 amide bonds. The van der Waals surface area contributed by atoms with Crippen LogP contribution >= 0.6 is 23.2 Å². The molecule has 0 aromatic heterocycles. The maximum atomic E-state index is 11.6.